The molecule has 0 bridgehead atoms. The zero-order valence-corrected chi connectivity index (χ0v) is 15.6. The molecule has 0 aromatic rings. The SMILES string of the molecule is CC.CC(C)/C(=N/C(=O)OCCN1CCOCC1)N1CCOCC1. The molecule has 0 N–H and O–H groups in total. The lowest BCUT2D eigenvalue weighted by atomic mass is 10.1. The largest absolute Gasteiger partial charge is 0.447 e. The molecule has 2 aliphatic rings. The summed E-state index contributed by atoms with van der Waals surface area (Å²) in [7, 11) is 0. The predicted octanol–water partition coefficient (Wildman–Crippen LogP) is 1.87. The average Bonchev–Trinajstić information content (AvgIpc) is 2.63. The number of carbonyl (C=O) groups excluding carboxylic acids is 1. The third-order valence-corrected chi connectivity index (χ3v) is 3.79. The van der Waals surface area contributed by atoms with Crippen molar-refractivity contribution < 1.29 is 19.0 Å². The predicted molar refractivity (Wildman–Crippen MR) is 94.6 cm³/mol. The van der Waals surface area contributed by atoms with E-state index in [9.17, 15) is 4.79 Å². The Hall–Kier alpha value is -1.18. The molecule has 0 radical (unpaired) electrons. The minimum atomic E-state index is -0.497. The molecule has 7 nitrogen and oxygen atoms in total. The highest BCUT2D eigenvalue weighted by atomic mass is 16.5. The summed E-state index contributed by atoms with van der Waals surface area (Å²) >= 11 is 0. The number of aliphatic imine (C=N–C) groups is 1. The number of amides is 1. The van der Waals surface area contributed by atoms with Crippen LogP contribution in [0.4, 0.5) is 4.79 Å². The molecule has 2 saturated heterocycles. The number of morpholine rings is 2. The highest BCUT2D eigenvalue weighted by molar-refractivity contribution is 5.93. The van der Waals surface area contributed by atoms with Crippen molar-refractivity contribution in [3.63, 3.8) is 0 Å². The number of hydrogen-bond donors (Lipinski definition) is 0. The van der Waals surface area contributed by atoms with Crippen LogP contribution in [0.1, 0.15) is 27.7 Å². The Kier molecular flexibility index (Phi) is 10.6. The van der Waals surface area contributed by atoms with E-state index in [1.54, 1.807) is 0 Å². The Bertz CT molecular complexity index is 376. The fraction of sp³-hybridized carbons (Fsp3) is 0.882. The molecular formula is C17H33N3O4. The lowest BCUT2D eigenvalue weighted by molar-refractivity contribution is 0.0287. The van der Waals surface area contributed by atoms with Crippen LogP contribution in [0.5, 0.6) is 0 Å². The molecule has 140 valence electrons. The molecule has 2 rings (SSSR count). The Balaban J connectivity index is 0.00000139. The molecule has 0 atom stereocenters. The van der Waals surface area contributed by atoms with Gasteiger partial charge >= 0.3 is 6.09 Å². The molecule has 0 saturated carbocycles. The second-order valence-electron chi connectivity index (χ2n) is 5.79. The number of ether oxygens (including phenoxy) is 3. The van der Waals surface area contributed by atoms with Crippen molar-refractivity contribution in [1.29, 1.82) is 0 Å². The molecule has 7 heteroatoms. The monoisotopic (exact) mass is 343 g/mol. The average molecular weight is 343 g/mol. The van der Waals surface area contributed by atoms with Gasteiger partial charge in [-0.15, -0.1) is 0 Å². The van der Waals surface area contributed by atoms with Crippen molar-refractivity contribution in [1.82, 2.24) is 9.80 Å². The van der Waals surface area contributed by atoms with Gasteiger partial charge in [0, 0.05) is 38.6 Å². The lowest BCUT2D eigenvalue weighted by Gasteiger charge is -2.31. The van der Waals surface area contributed by atoms with Crippen molar-refractivity contribution in [3.05, 3.63) is 0 Å². The molecule has 0 unspecified atom stereocenters. The van der Waals surface area contributed by atoms with E-state index >= 15 is 0 Å². The van der Waals surface area contributed by atoms with Gasteiger partial charge in [-0.1, -0.05) is 27.7 Å². The van der Waals surface area contributed by atoms with Crippen LogP contribution < -0.4 is 0 Å². The Morgan fingerprint density at radius 3 is 2.12 bits per heavy atom. The molecule has 2 fully saturated rings. The maximum Gasteiger partial charge on any atom is 0.435 e. The van der Waals surface area contributed by atoms with Crippen LogP contribution in [0.15, 0.2) is 4.99 Å². The molecule has 0 aromatic heterocycles. The highest BCUT2D eigenvalue weighted by Crippen LogP contribution is 2.08. The normalized spacial score (nSPS) is 19.7. The summed E-state index contributed by atoms with van der Waals surface area (Å²) in [5.41, 5.74) is 0. The second kappa shape index (κ2) is 12.2. The Labute approximate surface area is 145 Å². The number of nitrogens with zero attached hydrogens (tertiary/aromatic N) is 3. The summed E-state index contributed by atoms with van der Waals surface area (Å²) in [5, 5.41) is 0. The quantitative estimate of drug-likeness (QED) is 0.574. The van der Waals surface area contributed by atoms with Crippen LogP contribution in [0.3, 0.4) is 0 Å². The molecule has 24 heavy (non-hydrogen) atoms. The first-order valence-electron chi connectivity index (χ1n) is 9.05. The number of hydrogen-bond acceptors (Lipinski definition) is 5. The molecule has 0 aromatic carbocycles. The molecular weight excluding hydrogens is 310 g/mol. The van der Waals surface area contributed by atoms with Crippen LogP contribution in [0.2, 0.25) is 0 Å². The fourth-order valence-corrected chi connectivity index (χ4v) is 2.57. The third-order valence-electron chi connectivity index (χ3n) is 3.79. The van der Waals surface area contributed by atoms with Gasteiger partial charge in [-0.25, -0.2) is 4.79 Å². The van der Waals surface area contributed by atoms with E-state index in [4.69, 9.17) is 14.2 Å². The Morgan fingerprint density at radius 2 is 1.58 bits per heavy atom. The molecule has 2 aliphatic heterocycles. The van der Waals surface area contributed by atoms with E-state index in [0.717, 1.165) is 51.8 Å². The van der Waals surface area contributed by atoms with Gasteiger partial charge in [0.1, 0.15) is 12.4 Å². The molecule has 0 aliphatic carbocycles. The fourth-order valence-electron chi connectivity index (χ4n) is 2.57. The van der Waals surface area contributed by atoms with Crippen LogP contribution >= 0.6 is 0 Å². The van der Waals surface area contributed by atoms with E-state index in [1.807, 2.05) is 27.7 Å². The number of carbonyl (C=O) groups is 1. The van der Waals surface area contributed by atoms with Gasteiger partial charge in [0.25, 0.3) is 0 Å². The van der Waals surface area contributed by atoms with Crippen molar-refractivity contribution in [2.24, 2.45) is 10.9 Å². The van der Waals surface area contributed by atoms with E-state index < -0.39 is 6.09 Å². The first-order chi connectivity index (χ1) is 11.7. The van der Waals surface area contributed by atoms with E-state index in [1.165, 1.54) is 0 Å². The van der Waals surface area contributed by atoms with Crippen molar-refractivity contribution in [2.75, 3.05) is 65.8 Å². The first kappa shape index (κ1) is 20.9. The van der Waals surface area contributed by atoms with Gasteiger partial charge in [0.2, 0.25) is 0 Å². The summed E-state index contributed by atoms with van der Waals surface area (Å²) < 4.78 is 15.9. The highest BCUT2D eigenvalue weighted by Gasteiger charge is 2.19. The van der Waals surface area contributed by atoms with Gasteiger partial charge in [-0.3, -0.25) is 4.90 Å². The topological polar surface area (TPSA) is 63.6 Å². The van der Waals surface area contributed by atoms with E-state index in [-0.39, 0.29) is 5.92 Å². The smallest absolute Gasteiger partial charge is 0.435 e. The van der Waals surface area contributed by atoms with Gasteiger partial charge in [-0.2, -0.15) is 4.99 Å². The summed E-state index contributed by atoms with van der Waals surface area (Å²) in [6.07, 6.45) is -0.497. The van der Waals surface area contributed by atoms with Crippen LogP contribution in [0, 0.1) is 5.92 Å². The van der Waals surface area contributed by atoms with Gasteiger partial charge in [-0.05, 0) is 0 Å². The minimum Gasteiger partial charge on any atom is -0.447 e. The molecule has 1 amide bonds. The standard InChI is InChI=1S/C15H27N3O4.C2H6/c1-13(2)14(18-6-10-21-11-7-18)16-15(19)22-12-5-17-3-8-20-9-4-17;1-2/h13H,3-12H2,1-2H3;1-2H3/b16-14-;. The summed E-state index contributed by atoms with van der Waals surface area (Å²) in [6, 6.07) is 0. The third kappa shape index (κ3) is 7.59. The van der Waals surface area contributed by atoms with Crippen LogP contribution in [-0.2, 0) is 14.2 Å². The molecule has 0 spiro atoms. The van der Waals surface area contributed by atoms with Crippen molar-refractivity contribution in [2.45, 2.75) is 27.7 Å². The van der Waals surface area contributed by atoms with Crippen molar-refractivity contribution in [3.8, 4) is 0 Å². The summed E-state index contributed by atoms with van der Waals surface area (Å²) in [6.45, 7) is 15.4. The summed E-state index contributed by atoms with van der Waals surface area (Å²) in [5.74, 6) is 0.976. The van der Waals surface area contributed by atoms with Gasteiger partial charge in [0.15, 0.2) is 0 Å². The Morgan fingerprint density at radius 1 is 1.04 bits per heavy atom. The van der Waals surface area contributed by atoms with Crippen LogP contribution in [0.25, 0.3) is 0 Å². The van der Waals surface area contributed by atoms with E-state index in [2.05, 4.69) is 14.8 Å². The maximum atomic E-state index is 11.9. The maximum absolute atomic E-state index is 11.9. The lowest BCUT2D eigenvalue weighted by Crippen LogP contribution is -2.43. The number of rotatable bonds is 4. The van der Waals surface area contributed by atoms with Gasteiger partial charge in [0.05, 0.1) is 26.4 Å². The van der Waals surface area contributed by atoms with Crippen LogP contribution in [-0.4, -0.2) is 87.5 Å². The minimum absolute atomic E-state index is 0.185. The number of amidine groups is 1. The van der Waals surface area contributed by atoms with E-state index in [0.29, 0.717) is 19.8 Å². The molecule has 2 heterocycles. The second-order valence-corrected chi connectivity index (χ2v) is 5.79. The van der Waals surface area contributed by atoms with Gasteiger partial charge < -0.3 is 19.1 Å². The zero-order chi connectivity index (χ0) is 17.8. The zero-order valence-electron chi connectivity index (χ0n) is 15.6. The first-order valence-corrected chi connectivity index (χ1v) is 9.05. The summed E-state index contributed by atoms with van der Waals surface area (Å²) in [4.78, 5) is 20.4. The van der Waals surface area contributed by atoms with Crippen molar-refractivity contribution >= 4 is 11.9 Å².